The second-order valence-electron chi connectivity index (χ2n) is 8.06. The molecule has 8 heteroatoms. The summed E-state index contributed by atoms with van der Waals surface area (Å²) in [7, 11) is 3.23. The summed E-state index contributed by atoms with van der Waals surface area (Å²) in [4.78, 5) is 28.5. The summed E-state index contributed by atoms with van der Waals surface area (Å²) in [6.45, 7) is 0.548. The van der Waals surface area contributed by atoms with E-state index in [0.717, 1.165) is 16.7 Å². The van der Waals surface area contributed by atoms with Gasteiger partial charge in [0.05, 0.1) is 36.4 Å². The SMILES string of the molecule is COc1cc2c(cc1OC)C(c1ccccc1)N(C(=O)c1ccc(NC(=O)c3ccco3)s1)CC2. The molecule has 1 aliphatic heterocycles. The first kappa shape index (κ1) is 22.7. The molecule has 1 unspecified atom stereocenters. The number of hydrogen-bond acceptors (Lipinski definition) is 6. The first-order valence-electron chi connectivity index (χ1n) is 11.1. The van der Waals surface area contributed by atoms with Crippen molar-refractivity contribution in [2.45, 2.75) is 12.5 Å². The van der Waals surface area contributed by atoms with Gasteiger partial charge in [0, 0.05) is 6.54 Å². The minimum Gasteiger partial charge on any atom is -0.493 e. The summed E-state index contributed by atoms with van der Waals surface area (Å²) in [5.41, 5.74) is 3.14. The lowest BCUT2D eigenvalue weighted by molar-refractivity contribution is 0.0699. The largest absolute Gasteiger partial charge is 0.493 e. The molecule has 1 N–H and O–H groups in total. The van der Waals surface area contributed by atoms with Crippen LogP contribution in [0, 0.1) is 0 Å². The fourth-order valence-electron chi connectivity index (χ4n) is 4.40. The molecule has 35 heavy (non-hydrogen) atoms. The molecule has 5 rings (SSSR count). The zero-order chi connectivity index (χ0) is 24.4. The molecular weight excluding hydrogens is 464 g/mol. The molecule has 178 valence electrons. The lowest BCUT2D eigenvalue weighted by Crippen LogP contribution is -2.40. The molecule has 2 aromatic heterocycles. The van der Waals surface area contributed by atoms with Crippen LogP contribution < -0.4 is 14.8 Å². The quantitative estimate of drug-likeness (QED) is 0.393. The fraction of sp³-hybridized carbons (Fsp3) is 0.185. The summed E-state index contributed by atoms with van der Waals surface area (Å²) in [5.74, 6) is 1.06. The van der Waals surface area contributed by atoms with Crippen molar-refractivity contribution in [3.05, 3.63) is 100 Å². The number of rotatable bonds is 6. The lowest BCUT2D eigenvalue weighted by atomic mass is 9.87. The van der Waals surface area contributed by atoms with Gasteiger partial charge in [0.15, 0.2) is 17.3 Å². The van der Waals surface area contributed by atoms with Crippen LogP contribution in [-0.4, -0.2) is 37.5 Å². The van der Waals surface area contributed by atoms with Gasteiger partial charge in [0.2, 0.25) is 0 Å². The summed E-state index contributed by atoms with van der Waals surface area (Å²) in [5, 5.41) is 3.37. The average molecular weight is 489 g/mol. The molecule has 0 radical (unpaired) electrons. The zero-order valence-electron chi connectivity index (χ0n) is 19.3. The van der Waals surface area contributed by atoms with Crippen LogP contribution in [0.25, 0.3) is 0 Å². The van der Waals surface area contributed by atoms with Gasteiger partial charge in [0.25, 0.3) is 11.8 Å². The molecule has 3 heterocycles. The lowest BCUT2D eigenvalue weighted by Gasteiger charge is -2.38. The summed E-state index contributed by atoms with van der Waals surface area (Å²) < 4.78 is 16.2. The predicted molar refractivity (Wildman–Crippen MR) is 134 cm³/mol. The minimum absolute atomic E-state index is 0.0946. The number of ether oxygens (including phenoxy) is 2. The van der Waals surface area contributed by atoms with Crippen molar-refractivity contribution in [2.24, 2.45) is 0 Å². The zero-order valence-corrected chi connectivity index (χ0v) is 20.1. The molecule has 0 aliphatic carbocycles. The molecule has 0 bridgehead atoms. The number of carbonyl (C=O) groups excluding carboxylic acids is 2. The van der Waals surface area contributed by atoms with Gasteiger partial charge in [-0.05, 0) is 59.5 Å². The number of amides is 2. The molecule has 0 saturated heterocycles. The van der Waals surface area contributed by atoms with Gasteiger partial charge in [-0.2, -0.15) is 0 Å². The van der Waals surface area contributed by atoms with Crippen molar-refractivity contribution in [3.8, 4) is 11.5 Å². The Morgan fingerprint density at radius 2 is 1.77 bits per heavy atom. The molecule has 4 aromatic rings. The number of furan rings is 1. The van der Waals surface area contributed by atoms with Crippen LogP contribution >= 0.6 is 11.3 Å². The van der Waals surface area contributed by atoms with Crippen LogP contribution in [0.5, 0.6) is 11.5 Å². The maximum atomic E-state index is 13.7. The van der Waals surface area contributed by atoms with E-state index in [9.17, 15) is 9.59 Å². The highest BCUT2D eigenvalue weighted by Crippen LogP contribution is 2.42. The van der Waals surface area contributed by atoms with Crippen LogP contribution in [0.2, 0.25) is 0 Å². The summed E-state index contributed by atoms with van der Waals surface area (Å²) in [6, 6.07) is 20.4. The molecule has 1 atom stereocenters. The number of hydrogen-bond donors (Lipinski definition) is 1. The van der Waals surface area contributed by atoms with E-state index in [1.807, 2.05) is 47.4 Å². The Kier molecular flexibility index (Phi) is 6.29. The maximum Gasteiger partial charge on any atom is 0.291 e. The van der Waals surface area contributed by atoms with Gasteiger partial charge in [0.1, 0.15) is 0 Å². The summed E-state index contributed by atoms with van der Waals surface area (Å²) in [6.07, 6.45) is 2.14. The van der Waals surface area contributed by atoms with Crippen LogP contribution in [-0.2, 0) is 6.42 Å². The van der Waals surface area contributed by atoms with E-state index in [4.69, 9.17) is 13.9 Å². The van der Waals surface area contributed by atoms with E-state index in [2.05, 4.69) is 5.32 Å². The van der Waals surface area contributed by atoms with E-state index in [1.54, 1.807) is 38.5 Å². The molecule has 7 nitrogen and oxygen atoms in total. The van der Waals surface area contributed by atoms with Crippen molar-refractivity contribution in [3.63, 3.8) is 0 Å². The van der Waals surface area contributed by atoms with E-state index in [-0.39, 0.29) is 23.6 Å². The van der Waals surface area contributed by atoms with Crippen molar-refractivity contribution in [1.29, 1.82) is 0 Å². The Labute approximate surface area is 206 Å². The molecular formula is C27H24N2O5S. The van der Waals surface area contributed by atoms with E-state index < -0.39 is 0 Å². The smallest absolute Gasteiger partial charge is 0.291 e. The van der Waals surface area contributed by atoms with Crippen molar-refractivity contribution < 1.29 is 23.5 Å². The molecule has 0 fully saturated rings. The average Bonchev–Trinajstić information content (AvgIpc) is 3.60. The van der Waals surface area contributed by atoms with Gasteiger partial charge < -0.3 is 24.1 Å². The van der Waals surface area contributed by atoms with E-state index in [0.29, 0.717) is 34.3 Å². The van der Waals surface area contributed by atoms with E-state index >= 15 is 0 Å². The third kappa shape index (κ3) is 4.40. The second-order valence-corrected chi connectivity index (χ2v) is 9.15. The third-order valence-electron chi connectivity index (χ3n) is 6.05. The first-order chi connectivity index (χ1) is 17.1. The van der Waals surface area contributed by atoms with Gasteiger partial charge >= 0.3 is 0 Å². The first-order valence-corrected chi connectivity index (χ1v) is 12.0. The number of thiophene rings is 1. The number of methoxy groups -OCH3 is 2. The molecule has 0 saturated carbocycles. The Balaban J connectivity index is 1.48. The molecule has 2 aromatic carbocycles. The Morgan fingerprint density at radius 1 is 1.00 bits per heavy atom. The number of benzene rings is 2. The molecule has 1 aliphatic rings. The van der Waals surface area contributed by atoms with Crippen LogP contribution in [0.4, 0.5) is 5.00 Å². The standard InChI is InChI=1S/C27H24N2O5S/c1-32-21-15-18-12-13-29(25(17-7-4-3-5-8-17)19(18)16-22(21)33-2)27(31)23-10-11-24(35-23)28-26(30)20-9-6-14-34-20/h3-11,14-16,25H,12-13H2,1-2H3,(H,28,30). The highest BCUT2D eigenvalue weighted by molar-refractivity contribution is 7.18. The number of anilines is 1. The monoisotopic (exact) mass is 488 g/mol. The Morgan fingerprint density at radius 3 is 2.49 bits per heavy atom. The van der Waals surface area contributed by atoms with Gasteiger partial charge in [-0.1, -0.05) is 30.3 Å². The number of fused-ring (bicyclic) bond motifs is 1. The Hall–Kier alpha value is -4.04. The van der Waals surface area contributed by atoms with Gasteiger partial charge in [-0.15, -0.1) is 11.3 Å². The Bertz CT molecular complexity index is 1350. The van der Waals surface area contributed by atoms with Crippen molar-refractivity contribution >= 4 is 28.2 Å². The highest BCUT2D eigenvalue weighted by atomic mass is 32.1. The van der Waals surface area contributed by atoms with Crippen molar-refractivity contribution in [1.82, 2.24) is 4.90 Å². The van der Waals surface area contributed by atoms with Crippen molar-refractivity contribution in [2.75, 3.05) is 26.1 Å². The van der Waals surface area contributed by atoms with Crippen LogP contribution in [0.3, 0.4) is 0 Å². The topological polar surface area (TPSA) is 81.0 Å². The fourth-order valence-corrected chi connectivity index (χ4v) is 5.26. The third-order valence-corrected chi connectivity index (χ3v) is 7.04. The van der Waals surface area contributed by atoms with Crippen LogP contribution in [0.1, 0.15) is 43.0 Å². The summed E-state index contributed by atoms with van der Waals surface area (Å²) >= 11 is 1.24. The molecule has 0 spiro atoms. The maximum absolute atomic E-state index is 13.7. The minimum atomic E-state index is -0.356. The number of carbonyl (C=O) groups is 2. The second kappa shape index (κ2) is 9.68. The van der Waals surface area contributed by atoms with Crippen LogP contribution in [0.15, 0.2) is 77.4 Å². The number of nitrogens with zero attached hydrogens (tertiary/aromatic N) is 1. The number of nitrogens with one attached hydrogen (secondary N) is 1. The predicted octanol–water partition coefficient (Wildman–Crippen LogP) is 5.40. The highest BCUT2D eigenvalue weighted by Gasteiger charge is 2.34. The molecule has 2 amide bonds. The van der Waals surface area contributed by atoms with Gasteiger partial charge in [-0.3, -0.25) is 9.59 Å². The van der Waals surface area contributed by atoms with E-state index in [1.165, 1.54) is 17.6 Å². The normalized spacial score (nSPS) is 14.8. The van der Waals surface area contributed by atoms with Gasteiger partial charge in [-0.25, -0.2) is 0 Å².